The molecule has 3 heterocycles. The molecule has 19 heavy (non-hydrogen) atoms. The monoisotopic (exact) mass is 253 g/mol. The summed E-state index contributed by atoms with van der Waals surface area (Å²) in [5.74, 6) is 0.379. The molecule has 0 aliphatic carbocycles. The van der Waals surface area contributed by atoms with E-state index in [0.717, 1.165) is 42.2 Å². The molecule has 1 unspecified atom stereocenters. The number of H-pyrrole nitrogens is 1. The molecule has 3 rings (SSSR count). The first kappa shape index (κ1) is 11.7. The Balaban J connectivity index is 1.82. The number of pyridine rings is 1. The van der Waals surface area contributed by atoms with Crippen LogP contribution in [0.5, 0.6) is 0 Å². The second-order valence-electron chi connectivity index (χ2n) is 4.93. The van der Waals surface area contributed by atoms with Crippen LogP contribution in [0.1, 0.15) is 23.7 Å². The van der Waals surface area contributed by atoms with Gasteiger partial charge in [-0.3, -0.25) is 10.1 Å². The van der Waals surface area contributed by atoms with E-state index in [1.165, 1.54) is 0 Å². The lowest BCUT2D eigenvalue weighted by Gasteiger charge is -2.06. The van der Waals surface area contributed by atoms with Crippen LogP contribution in [0.2, 0.25) is 0 Å². The fourth-order valence-electron chi connectivity index (χ4n) is 2.50. The third-order valence-corrected chi connectivity index (χ3v) is 3.56. The maximum absolute atomic E-state index is 8.89. The molecule has 96 valence electrons. The zero-order valence-corrected chi connectivity index (χ0v) is 10.8. The summed E-state index contributed by atoms with van der Waals surface area (Å²) in [5.41, 5.74) is 4.11. The number of aromatic nitrogens is 3. The van der Waals surface area contributed by atoms with E-state index in [-0.39, 0.29) is 0 Å². The molecule has 0 aromatic carbocycles. The van der Waals surface area contributed by atoms with E-state index in [2.05, 4.69) is 27.4 Å². The fraction of sp³-hybridized carbons (Fsp3) is 0.357. The van der Waals surface area contributed by atoms with Crippen molar-refractivity contribution in [1.29, 1.82) is 5.26 Å². The van der Waals surface area contributed by atoms with E-state index in [0.29, 0.717) is 5.92 Å². The molecular weight excluding hydrogens is 238 g/mol. The quantitative estimate of drug-likeness (QED) is 0.832. The molecule has 0 amide bonds. The highest BCUT2D eigenvalue weighted by Crippen LogP contribution is 2.28. The summed E-state index contributed by atoms with van der Waals surface area (Å²) in [6, 6.07) is 6.07. The molecule has 0 spiro atoms. The van der Waals surface area contributed by atoms with Gasteiger partial charge in [0.1, 0.15) is 0 Å². The van der Waals surface area contributed by atoms with E-state index in [1.54, 1.807) is 11.1 Å². The number of hydrogen-bond acceptors (Lipinski definition) is 4. The summed E-state index contributed by atoms with van der Waals surface area (Å²) in [6.45, 7) is 3.59. The van der Waals surface area contributed by atoms with Crippen LogP contribution in [0.4, 0.5) is 0 Å². The minimum absolute atomic E-state index is 0.379. The number of nitriles is 1. The van der Waals surface area contributed by atoms with Gasteiger partial charge in [-0.25, -0.2) is 0 Å². The first-order valence-corrected chi connectivity index (χ1v) is 6.39. The van der Waals surface area contributed by atoms with Gasteiger partial charge in [0.15, 0.2) is 6.19 Å². The zero-order chi connectivity index (χ0) is 13.2. The number of nitrogens with zero attached hydrogens (tertiary/aromatic N) is 4. The molecule has 1 N–H and O–H groups in total. The van der Waals surface area contributed by atoms with Crippen molar-refractivity contribution in [3.63, 3.8) is 0 Å². The van der Waals surface area contributed by atoms with E-state index < -0.39 is 0 Å². The zero-order valence-electron chi connectivity index (χ0n) is 10.8. The van der Waals surface area contributed by atoms with Crippen molar-refractivity contribution in [1.82, 2.24) is 20.1 Å². The number of aryl methyl sites for hydroxylation is 1. The lowest BCUT2D eigenvalue weighted by molar-refractivity contribution is 0.478. The molecule has 2 aromatic heterocycles. The number of nitrogens with one attached hydrogen (secondary N) is 1. The normalized spacial score (nSPS) is 18.5. The SMILES string of the molecule is Cc1cc(-c2cc(C3CCN(C#N)C3)[nH]n2)ccn1. The predicted octanol–water partition coefficient (Wildman–Crippen LogP) is 2.05. The molecule has 1 fully saturated rings. The summed E-state index contributed by atoms with van der Waals surface area (Å²) in [6.07, 6.45) is 5.00. The van der Waals surface area contributed by atoms with E-state index in [4.69, 9.17) is 5.26 Å². The van der Waals surface area contributed by atoms with Crippen molar-refractivity contribution in [3.8, 4) is 17.5 Å². The third-order valence-electron chi connectivity index (χ3n) is 3.56. The van der Waals surface area contributed by atoms with Gasteiger partial charge in [-0.15, -0.1) is 0 Å². The lowest BCUT2D eigenvalue weighted by atomic mass is 10.0. The second kappa shape index (κ2) is 4.73. The van der Waals surface area contributed by atoms with Crippen molar-refractivity contribution in [2.75, 3.05) is 13.1 Å². The Morgan fingerprint density at radius 1 is 1.47 bits per heavy atom. The van der Waals surface area contributed by atoms with Gasteiger partial charge in [0.05, 0.1) is 5.69 Å². The van der Waals surface area contributed by atoms with Gasteiger partial charge in [-0.05, 0) is 31.5 Å². The van der Waals surface area contributed by atoms with E-state index in [1.807, 2.05) is 19.1 Å². The average Bonchev–Trinajstić information content (AvgIpc) is 3.07. The highest BCUT2D eigenvalue weighted by Gasteiger charge is 2.24. The molecule has 1 aliphatic rings. The van der Waals surface area contributed by atoms with Crippen LogP contribution in [-0.2, 0) is 0 Å². The van der Waals surface area contributed by atoms with Crippen LogP contribution < -0.4 is 0 Å². The van der Waals surface area contributed by atoms with E-state index >= 15 is 0 Å². The Bertz CT molecular complexity index is 625. The molecular formula is C14H15N5. The summed E-state index contributed by atoms with van der Waals surface area (Å²) in [4.78, 5) is 5.98. The van der Waals surface area contributed by atoms with Crippen molar-refractivity contribution >= 4 is 0 Å². The van der Waals surface area contributed by atoms with Crippen LogP contribution in [0.25, 0.3) is 11.3 Å². The van der Waals surface area contributed by atoms with Gasteiger partial charge in [0.2, 0.25) is 0 Å². The molecule has 1 saturated heterocycles. The lowest BCUT2D eigenvalue weighted by Crippen LogP contribution is -2.12. The fourth-order valence-corrected chi connectivity index (χ4v) is 2.50. The summed E-state index contributed by atoms with van der Waals surface area (Å²) >= 11 is 0. The first-order chi connectivity index (χ1) is 9.26. The number of likely N-dealkylation sites (tertiary alicyclic amines) is 1. The van der Waals surface area contributed by atoms with Crippen LogP contribution >= 0.6 is 0 Å². The average molecular weight is 253 g/mol. The van der Waals surface area contributed by atoms with Gasteiger partial charge >= 0.3 is 0 Å². The maximum Gasteiger partial charge on any atom is 0.179 e. The summed E-state index contributed by atoms with van der Waals surface area (Å²) < 4.78 is 0. The first-order valence-electron chi connectivity index (χ1n) is 6.39. The predicted molar refractivity (Wildman–Crippen MR) is 71.1 cm³/mol. The van der Waals surface area contributed by atoms with Crippen LogP contribution in [-0.4, -0.2) is 33.2 Å². The third kappa shape index (κ3) is 2.29. The van der Waals surface area contributed by atoms with Gasteiger partial charge in [0, 0.05) is 42.2 Å². The smallest absolute Gasteiger partial charge is 0.179 e. The van der Waals surface area contributed by atoms with Crippen LogP contribution in [0.15, 0.2) is 24.4 Å². The molecule has 5 nitrogen and oxygen atoms in total. The molecule has 1 atom stereocenters. The Morgan fingerprint density at radius 3 is 3.11 bits per heavy atom. The minimum Gasteiger partial charge on any atom is -0.310 e. The summed E-state index contributed by atoms with van der Waals surface area (Å²) in [5, 5.41) is 16.4. The maximum atomic E-state index is 8.89. The molecule has 0 saturated carbocycles. The number of aromatic amines is 1. The van der Waals surface area contributed by atoms with Crippen molar-refractivity contribution in [2.24, 2.45) is 0 Å². The van der Waals surface area contributed by atoms with Gasteiger partial charge in [-0.2, -0.15) is 10.4 Å². The van der Waals surface area contributed by atoms with Crippen molar-refractivity contribution < 1.29 is 0 Å². The van der Waals surface area contributed by atoms with Gasteiger partial charge < -0.3 is 4.90 Å². The van der Waals surface area contributed by atoms with E-state index in [9.17, 15) is 0 Å². The van der Waals surface area contributed by atoms with Gasteiger partial charge in [0.25, 0.3) is 0 Å². The van der Waals surface area contributed by atoms with Crippen molar-refractivity contribution in [2.45, 2.75) is 19.3 Å². The van der Waals surface area contributed by atoms with Crippen LogP contribution in [0.3, 0.4) is 0 Å². The Kier molecular flexibility index (Phi) is 2.92. The molecule has 0 radical (unpaired) electrons. The van der Waals surface area contributed by atoms with Gasteiger partial charge in [-0.1, -0.05) is 0 Å². The number of hydrogen-bond donors (Lipinski definition) is 1. The van der Waals surface area contributed by atoms with Crippen molar-refractivity contribution in [3.05, 3.63) is 35.8 Å². The standard InChI is InChI=1S/C14H15N5/c1-10-6-11(2-4-16-10)13-7-14(18-17-13)12-3-5-19(8-12)9-15/h2,4,6-7,12H,3,5,8H2,1H3,(H,17,18). The molecule has 5 heteroatoms. The Morgan fingerprint density at radius 2 is 2.37 bits per heavy atom. The largest absolute Gasteiger partial charge is 0.310 e. The molecule has 2 aromatic rings. The highest BCUT2D eigenvalue weighted by atomic mass is 15.2. The second-order valence-corrected chi connectivity index (χ2v) is 4.93. The topological polar surface area (TPSA) is 68.6 Å². The Labute approximate surface area is 111 Å². The molecule has 0 bridgehead atoms. The van der Waals surface area contributed by atoms with Crippen LogP contribution in [0, 0.1) is 18.4 Å². The molecule has 1 aliphatic heterocycles. The minimum atomic E-state index is 0.379. The highest BCUT2D eigenvalue weighted by molar-refractivity contribution is 5.59. The number of rotatable bonds is 2. The summed E-state index contributed by atoms with van der Waals surface area (Å²) in [7, 11) is 0. The Hall–Kier alpha value is -2.35.